The van der Waals surface area contributed by atoms with Crippen LogP contribution in [0.2, 0.25) is 0 Å². The van der Waals surface area contributed by atoms with Crippen LogP contribution in [0.25, 0.3) is 10.8 Å². The number of benzene rings is 3. The van der Waals surface area contributed by atoms with Crippen LogP contribution in [-0.4, -0.2) is 0 Å². The molecule has 0 amide bonds. The molecule has 1 aliphatic carbocycles. The Morgan fingerprint density at radius 3 is 2.07 bits per heavy atom. The summed E-state index contributed by atoms with van der Waals surface area (Å²) in [5.74, 6) is -3.83. The molecule has 1 fully saturated rings. The van der Waals surface area contributed by atoms with Gasteiger partial charge in [0.1, 0.15) is 5.82 Å². The Morgan fingerprint density at radius 2 is 1.41 bits per heavy atom. The Bertz CT molecular complexity index is 1010. The van der Waals surface area contributed by atoms with E-state index >= 15 is 4.39 Å². The van der Waals surface area contributed by atoms with Gasteiger partial charge in [-0.3, -0.25) is 0 Å². The van der Waals surface area contributed by atoms with E-state index in [-0.39, 0.29) is 17.7 Å². The van der Waals surface area contributed by atoms with Crippen LogP contribution >= 0.6 is 0 Å². The van der Waals surface area contributed by atoms with Crippen LogP contribution in [0.1, 0.15) is 67.6 Å². The number of hydrogen-bond acceptors (Lipinski definition) is 0. The standard InChI is InChI=1S/C25H24F4/c1-2-3-15-4-10-21-18(12-15)9-11-20(24(21)28)17-7-5-16(6-8-17)19-13-22(26)25(29)23(27)14-19/h4,9-14,16-17H,2-3,5-8H2,1H3. The molecule has 0 atom stereocenters. The minimum atomic E-state index is -1.43. The van der Waals surface area contributed by atoms with Gasteiger partial charge < -0.3 is 0 Å². The van der Waals surface area contributed by atoms with Crippen molar-refractivity contribution in [3.05, 3.63) is 82.4 Å². The third-order valence-electron chi connectivity index (χ3n) is 6.23. The highest BCUT2D eigenvalue weighted by atomic mass is 19.2. The average molecular weight is 400 g/mol. The van der Waals surface area contributed by atoms with Crippen molar-refractivity contribution in [2.45, 2.75) is 57.3 Å². The van der Waals surface area contributed by atoms with Crippen molar-refractivity contribution in [2.75, 3.05) is 0 Å². The lowest BCUT2D eigenvalue weighted by Gasteiger charge is -2.29. The molecule has 0 heterocycles. The molecule has 0 unspecified atom stereocenters. The zero-order valence-electron chi connectivity index (χ0n) is 16.5. The van der Waals surface area contributed by atoms with Gasteiger partial charge in [-0.2, -0.15) is 0 Å². The zero-order valence-corrected chi connectivity index (χ0v) is 16.5. The number of aryl methyl sites for hydroxylation is 1. The van der Waals surface area contributed by atoms with E-state index in [1.807, 2.05) is 24.3 Å². The lowest BCUT2D eigenvalue weighted by atomic mass is 9.75. The maximum absolute atomic E-state index is 15.2. The molecule has 1 saturated carbocycles. The molecule has 0 aromatic heterocycles. The number of fused-ring (bicyclic) bond motifs is 1. The fourth-order valence-corrected chi connectivity index (χ4v) is 4.67. The smallest absolute Gasteiger partial charge is 0.194 e. The summed E-state index contributed by atoms with van der Waals surface area (Å²) in [6.07, 6.45) is 4.90. The van der Waals surface area contributed by atoms with Crippen LogP contribution in [0, 0.1) is 23.3 Å². The largest absolute Gasteiger partial charge is 0.206 e. The van der Waals surface area contributed by atoms with Gasteiger partial charge in [0, 0.05) is 5.39 Å². The van der Waals surface area contributed by atoms with E-state index in [0.29, 0.717) is 23.8 Å². The van der Waals surface area contributed by atoms with Gasteiger partial charge in [0.15, 0.2) is 17.5 Å². The Labute approximate surface area is 168 Å². The fourth-order valence-electron chi connectivity index (χ4n) is 4.67. The molecule has 3 aromatic rings. The monoisotopic (exact) mass is 400 g/mol. The molecule has 3 aromatic carbocycles. The predicted octanol–water partition coefficient (Wildman–Crippen LogP) is 7.79. The Kier molecular flexibility index (Phi) is 5.62. The minimum Gasteiger partial charge on any atom is -0.206 e. The molecule has 4 rings (SSSR count). The Morgan fingerprint density at radius 1 is 0.759 bits per heavy atom. The third kappa shape index (κ3) is 3.90. The molecule has 0 N–H and O–H groups in total. The van der Waals surface area contributed by atoms with Crippen molar-refractivity contribution < 1.29 is 17.6 Å². The number of halogens is 4. The van der Waals surface area contributed by atoms with Gasteiger partial charge in [-0.05, 0) is 78.1 Å². The first-order valence-corrected chi connectivity index (χ1v) is 10.3. The van der Waals surface area contributed by atoms with Gasteiger partial charge in [0.25, 0.3) is 0 Å². The molecular formula is C25H24F4. The van der Waals surface area contributed by atoms with E-state index in [2.05, 4.69) is 13.0 Å². The maximum Gasteiger partial charge on any atom is 0.194 e. The first kappa shape index (κ1) is 19.9. The van der Waals surface area contributed by atoms with E-state index in [1.54, 1.807) is 0 Å². The van der Waals surface area contributed by atoms with Gasteiger partial charge in [0.2, 0.25) is 0 Å². The molecule has 0 nitrogen and oxygen atoms in total. The minimum absolute atomic E-state index is 0.0315. The quantitative estimate of drug-likeness (QED) is 0.310. The molecule has 0 radical (unpaired) electrons. The van der Waals surface area contributed by atoms with Crippen LogP contribution < -0.4 is 0 Å². The summed E-state index contributed by atoms with van der Waals surface area (Å²) in [4.78, 5) is 0. The van der Waals surface area contributed by atoms with Crippen molar-refractivity contribution in [2.24, 2.45) is 0 Å². The van der Waals surface area contributed by atoms with E-state index in [1.165, 1.54) is 5.56 Å². The second kappa shape index (κ2) is 8.17. The van der Waals surface area contributed by atoms with E-state index < -0.39 is 17.5 Å². The molecular weight excluding hydrogens is 376 g/mol. The molecule has 152 valence electrons. The molecule has 0 saturated heterocycles. The van der Waals surface area contributed by atoms with Crippen molar-refractivity contribution >= 4 is 10.8 Å². The normalized spacial score (nSPS) is 19.6. The van der Waals surface area contributed by atoms with Gasteiger partial charge >= 0.3 is 0 Å². The fraction of sp³-hybridized carbons (Fsp3) is 0.360. The number of hydrogen-bond donors (Lipinski definition) is 0. The van der Waals surface area contributed by atoms with E-state index in [4.69, 9.17) is 0 Å². The highest BCUT2D eigenvalue weighted by Crippen LogP contribution is 2.42. The molecule has 0 spiro atoms. The predicted molar refractivity (Wildman–Crippen MR) is 108 cm³/mol. The lowest BCUT2D eigenvalue weighted by molar-refractivity contribution is 0.382. The Balaban J connectivity index is 1.53. The molecule has 0 bridgehead atoms. The molecule has 29 heavy (non-hydrogen) atoms. The second-order valence-electron chi connectivity index (χ2n) is 8.12. The van der Waals surface area contributed by atoms with Crippen LogP contribution in [0.4, 0.5) is 17.6 Å². The zero-order chi connectivity index (χ0) is 20.5. The van der Waals surface area contributed by atoms with Crippen LogP contribution in [0.15, 0.2) is 42.5 Å². The lowest BCUT2D eigenvalue weighted by Crippen LogP contribution is -2.14. The third-order valence-corrected chi connectivity index (χ3v) is 6.23. The summed E-state index contributed by atoms with van der Waals surface area (Å²) in [6.45, 7) is 2.12. The van der Waals surface area contributed by atoms with Crippen LogP contribution in [-0.2, 0) is 6.42 Å². The van der Waals surface area contributed by atoms with Crippen molar-refractivity contribution in [1.29, 1.82) is 0 Å². The van der Waals surface area contributed by atoms with E-state index in [0.717, 1.165) is 48.8 Å². The van der Waals surface area contributed by atoms with Crippen molar-refractivity contribution in [1.82, 2.24) is 0 Å². The van der Waals surface area contributed by atoms with Gasteiger partial charge in [-0.25, -0.2) is 17.6 Å². The molecule has 0 aliphatic heterocycles. The summed E-state index contributed by atoms with van der Waals surface area (Å²) < 4.78 is 55.5. The summed E-state index contributed by atoms with van der Waals surface area (Å²) in [7, 11) is 0. The maximum atomic E-state index is 15.2. The van der Waals surface area contributed by atoms with Gasteiger partial charge in [-0.1, -0.05) is 43.7 Å². The van der Waals surface area contributed by atoms with Gasteiger partial charge in [0.05, 0.1) is 0 Å². The Hall–Kier alpha value is -2.36. The summed E-state index contributed by atoms with van der Waals surface area (Å²) in [5.41, 5.74) is 2.42. The van der Waals surface area contributed by atoms with Gasteiger partial charge in [-0.15, -0.1) is 0 Å². The first-order valence-electron chi connectivity index (χ1n) is 10.3. The summed E-state index contributed by atoms with van der Waals surface area (Å²) >= 11 is 0. The van der Waals surface area contributed by atoms with Crippen LogP contribution in [0.5, 0.6) is 0 Å². The van der Waals surface area contributed by atoms with E-state index in [9.17, 15) is 13.2 Å². The van der Waals surface area contributed by atoms with Crippen molar-refractivity contribution in [3.8, 4) is 0 Å². The molecule has 1 aliphatic rings. The number of rotatable bonds is 4. The second-order valence-corrected chi connectivity index (χ2v) is 8.12. The summed E-state index contributed by atoms with van der Waals surface area (Å²) in [5, 5.41) is 1.57. The molecule has 4 heteroatoms. The summed E-state index contributed by atoms with van der Waals surface area (Å²) in [6, 6.07) is 12.0. The highest BCUT2D eigenvalue weighted by molar-refractivity contribution is 5.84. The first-order chi connectivity index (χ1) is 14.0. The van der Waals surface area contributed by atoms with Crippen molar-refractivity contribution in [3.63, 3.8) is 0 Å². The topological polar surface area (TPSA) is 0 Å². The highest BCUT2D eigenvalue weighted by Gasteiger charge is 2.27. The SMILES string of the molecule is CCCc1ccc2c(F)c(C3CCC(c4cc(F)c(F)c(F)c4)CC3)ccc2c1. The average Bonchev–Trinajstić information content (AvgIpc) is 2.72. The van der Waals surface area contributed by atoms with Crippen LogP contribution in [0.3, 0.4) is 0 Å².